The topological polar surface area (TPSA) is 105 Å². The normalized spacial score (nSPS) is 26.5. The predicted molar refractivity (Wildman–Crippen MR) is 205 cm³/mol. The van der Waals surface area contributed by atoms with E-state index in [4.69, 9.17) is 28.2 Å². The van der Waals surface area contributed by atoms with Crippen LogP contribution >= 0.6 is 23.2 Å². The summed E-state index contributed by atoms with van der Waals surface area (Å²) in [5, 5.41) is 14.8. The molecule has 276 valence electrons. The second-order valence-electron chi connectivity index (χ2n) is 16.3. The highest BCUT2D eigenvalue weighted by atomic mass is 35.5. The van der Waals surface area contributed by atoms with Crippen LogP contribution < -0.4 is 5.32 Å². The monoisotopic (exact) mass is 754 g/mol. The molecule has 3 unspecified atom stereocenters. The Hall–Kier alpha value is -3.71. The first-order valence-electron chi connectivity index (χ1n) is 19.5. The number of benzene rings is 2. The van der Waals surface area contributed by atoms with Gasteiger partial charge in [0.2, 0.25) is 11.8 Å². The lowest BCUT2D eigenvalue weighted by molar-refractivity contribution is -0.141. The number of piperidine rings is 1. The number of nitrogens with one attached hydrogen (secondary N) is 2. The Bertz CT molecular complexity index is 2150. The third-order valence-corrected chi connectivity index (χ3v) is 13.7. The number of H-pyrrole nitrogens is 1. The SMILES string of the molecule is C1NC2CC1C2.Cc1nc2c(F)c(-c3cccc(Cl)c3Cl)c(CCC#N)cc2c2[nH]c(C3C4CC(CN(C5CCCCC5)C4=O)N3C(=O)C3CC3)cc12. The van der Waals surface area contributed by atoms with Crippen LogP contribution in [-0.4, -0.2) is 62.8 Å². The van der Waals surface area contributed by atoms with Gasteiger partial charge in [-0.2, -0.15) is 5.26 Å². The van der Waals surface area contributed by atoms with Gasteiger partial charge in [0.05, 0.1) is 39.6 Å². The molecule has 53 heavy (non-hydrogen) atoms. The van der Waals surface area contributed by atoms with Crippen LogP contribution in [0.25, 0.3) is 32.9 Å². The standard InChI is InChI=1S/C37H36Cl2FN5O2.C5H9N/c1-19-25-17-29(35-27-16-23(45(35)36(46)20-12-13-20)18-44(37(27)47)22-8-3-2-4-9-22)43-33(25)26-15-21(7-6-14-41)30(32(40)34(26)42-19)24-10-5-11-28(38)31(24)39;1-4-2-5(1)6-3-4/h5,10-11,15,17,20,22-23,27,35,43H,2-4,6-9,12-13,16,18H2,1H3;4-6H,1-3H2. The number of likely N-dealkylation sites (tertiary alicyclic amines) is 2. The molecule has 2 N–H and O–H groups in total. The molecule has 2 amide bonds. The summed E-state index contributed by atoms with van der Waals surface area (Å²) in [7, 11) is 0. The van der Waals surface area contributed by atoms with Crippen molar-refractivity contribution in [1.82, 2.24) is 25.1 Å². The van der Waals surface area contributed by atoms with E-state index in [1.54, 1.807) is 18.2 Å². The highest BCUT2D eigenvalue weighted by molar-refractivity contribution is 6.43. The molecule has 2 aromatic heterocycles. The summed E-state index contributed by atoms with van der Waals surface area (Å²) in [4.78, 5) is 40.6. The fourth-order valence-electron chi connectivity index (χ4n) is 9.96. The number of amides is 2. The van der Waals surface area contributed by atoms with E-state index < -0.39 is 11.9 Å². The summed E-state index contributed by atoms with van der Waals surface area (Å²) in [6.07, 6.45) is 11.4. The van der Waals surface area contributed by atoms with Crippen LogP contribution in [0.15, 0.2) is 30.3 Å². The minimum Gasteiger partial charge on any atom is -0.356 e. The smallest absolute Gasteiger partial charge is 0.228 e. The molecule has 11 rings (SSSR count). The molecule has 3 atom stereocenters. The Morgan fingerprint density at radius 3 is 2.53 bits per heavy atom. The Morgan fingerprint density at radius 2 is 1.85 bits per heavy atom. The van der Waals surface area contributed by atoms with Crippen molar-refractivity contribution in [1.29, 1.82) is 5.26 Å². The van der Waals surface area contributed by atoms with Crippen molar-refractivity contribution >= 4 is 56.8 Å². The number of pyridine rings is 1. The Balaban J connectivity index is 0.000000558. The van der Waals surface area contributed by atoms with Gasteiger partial charge in [0.1, 0.15) is 5.52 Å². The maximum Gasteiger partial charge on any atom is 0.228 e. The molecule has 2 aromatic carbocycles. The lowest BCUT2D eigenvalue weighted by atomic mass is 9.87. The molecule has 4 saturated heterocycles. The van der Waals surface area contributed by atoms with Crippen LogP contribution in [-0.2, 0) is 16.0 Å². The second-order valence-corrected chi connectivity index (χ2v) is 17.1. The first-order valence-corrected chi connectivity index (χ1v) is 20.3. The number of fused-ring (bicyclic) bond motifs is 6. The molecular weight excluding hydrogens is 710 g/mol. The number of nitrogens with zero attached hydrogens (tertiary/aromatic N) is 4. The zero-order valence-corrected chi connectivity index (χ0v) is 31.6. The minimum absolute atomic E-state index is 0.0138. The van der Waals surface area contributed by atoms with Gasteiger partial charge >= 0.3 is 0 Å². The van der Waals surface area contributed by atoms with E-state index in [0.717, 1.165) is 61.6 Å². The maximum atomic E-state index is 16.7. The quantitative estimate of drug-likeness (QED) is 0.205. The number of hydrogen-bond donors (Lipinski definition) is 2. The zero-order chi connectivity index (χ0) is 36.5. The van der Waals surface area contributed by atoms with Crippen molar-refractivity contribution < 1.29 is 14.0 Å². The van der Waals surface area contributed by atoms with Crippen LogP contribution in [0.4, 0.5) is 4.39 Å². The van der Waals surface area contributed by atoms with E-state index in [1.807, 2.05) is 24.0 Å². The van der Waals surface area contributed by atoms with Gasteiger partial charge in [-0.25, -0.2) is 9.37 Å². The molecule has 3 aliphatic carbocycles. The zero-order valence-electron chi connectivity index (χ0n) is 30.1. The summed E-state index contributed by atoms with van der Waals surface area (Å²) in [5.41, 5.74) is 3.69. The molecule has 0 radical (unpaired) electrons. The van der Waals surface area contributed by atoms with Crippen molar-refractivity contribution in [2.24, 2.45) is 17.8 Å². The Kier molecular flexibility index (Phi) is 9.15. The van der Waals surface area contributed by atoms with E-state index >= 15 is 4.39 Å². The van der Waals surface area contributed by atoms with Gasteiger partial charge in [0.15, 0.2) is 5.82 Å². The lowest BCUT2D eigenvalue weighted by Crippen LogP contribution is -2.51. The van der Waals surface area contributed by atoms with Crippen LogP contribution in [0.2, 0.25) is 10.0 Å². The van der Waals surface area contributed by atoms with Gasteiger partial charge in [-0.3, -0.25) is 9.59 Å². The number of nitriles is 1. The fourth-order valence-corrected chi connectivity index (χ4v) is 10.4. The van der Waals surface area contributed by atoms with Crippen molar-refractivity contribution in [3.63, 3.8) is 0 Å². The number of halogens is 3. The van der Waals surface area contributed by atoms with E-state index in [-0.39, 0.29) is 58.3 Å². The first kappa shape index (κ1) is 35.0. The average Bonchev–Trinajstić information content (AvgIpc) is 3.46. The lowest BCUT2D eigenvalue weighted by Gasteiger charge is -2.39. The van der Waals surface area contributed by atoms with E-state index in [1.165, 1.54) is 25.8 Å². The number of hydrogen-bond acceptors (Lipinski definition) is 5. The summed E-state index contributed by atoms with van der Waals surface area (Å²) >= 11 is 12.9. The number of aryl methyl sites for hydroxylation is 2. The average molecular weight is 756 g/mol. The number of rotatable bonds is 6. The molecule has 8 nitrogen and oxygen atoms in total. The maximum absolute atomic E-state index is 16.7. The first-order chi connectivity index (χ1) is 25.7. The van der Waals surface area contributed by atoms with Crippen molar-refractivity contribution in [2.45, 2.75) is 108 Å². The molecule has 4 aromatic rings. The van der Waals surface area contributed by atoms with Gasteiger partial charge in [-0.1, -0.05) is 54.6 Å². The summed E-state index contributed by atoms with van der Waals surface area (Å²) < 4.78 is 16.7. The van der Waals surface area contributed by atoms with Gasteiger partial charge in [-0.05, 0) is 94.5 Å². The number of aromatic nitrogens is 2. The van der Waals surface area contributed by atoms with Crippen LogP contribution in [0.5, 0.6) is 0 Å². The summed E-state index contributed by atoms with van der Waals surface area (Å²) in [6, 6.07) is 12.0. The van der Waals surface area contributed by atoms with Gasteiger partial charge in [0.25, 0.3) is 0 Å². The number of carbonyl (C=O) groups excluding carboxylic acids is 2. The number of carbonyl (C=O) groups is 2. The predicted octanol–water partition coefficient (Wildman–Crippen LogP) is 8.80. The Morgan fingerprint density at radius 1 is 1.06 bits per heavy atom. The van der Waals surface area contributed by atoms with E-state index in [0.29, 0.717) is 52.1 Å². The molecule has 7 fully saturated rings. The minimum atomic E-state index is -0.527. The fraction of sp³-hybridized carbons (Fsp3) is 0.524. The van der Waals surface area contributed by atoms with E-state index in [2.05, 4.69) is 21.3 Å². The van der Waals surface area contributed by atoms with Crippen molar-refractivity contribution in [2.75, 3.05) is 13.1 Å². The van der Waals surface area contributed by atoms with Gasteiger partial charge < -0.3 is 20.1 Å². The molecule has 4 aliphatic heterocycles. The third-order valence-electron chi connectivity index (χ3n) is 12.9. The highest BCUT2D eigenvalue weighted by Gasteiger charge is 2.56. The Labute approximate surface area is 319 Å². The van der Waals surface area contributed by atoms with E-state index in [9.17, 15) is 14.9 Å². The van der Waals surface area contributed by atoms with Crippen molar-refractivity contribution in [3.8, 4) is 17.2 Å². The van der Waals surface area contributed by atoms with Crippen LogP contribution in [0.1, 0.15) is 93.6 Å². The molecule has 6 heterocycles. The van der Waals surface area contributed by atoms with Crippen LogP contribution in [0, 0.1) is 41.8 Å². The molecule has 3 saturated carbocycles. The highest BCUT2D eigenvalue weighted by Crippen LogP contribution is 2.50. The van der Waals surface area contributed by atoms with Crippen LogP contribution in [0.3, 0.4) is 0 Å². The van der Waals surface area contributed by atoms with Gasteiger partial charge in [0, 0.05) is 64.3 Å². The number of aromatic amines is 1. The van der Waals surface area contributed by atoms with Gasteiger partial charge in [-0.15, -0.1) is 0 Å². The molecule has 7 aliphatic rings. The molecular formula is C42H45Cl2FN6O2. The molecule has 11 heteroatoms. The summed E-state index contributed by atoms with van der Waals surface area (Å²) in [5.74, 6) is 0.543. The third kappa shape index (κ3) is 6.10. The molecule has 0 spiro atoms. The second kappa shape index (κ2) is 13.9. The summed E-state index contributed by atoms with van der Waals surface area (Å²) in [6.45, 7) is 3.76. The van der Waals surface area contributed by atoms with Crippen molar-refractivity contribution in [3.05, 3.63) is 63.1 Å². The largest absolute Gasteiger partial charge is 0.356 e. The molecule has 4 bridgehead atoms.